The first-order chi connectivity index (χ1) is 12.5. The average Bonchev–Trinajstić information content (AvgIpc) is 3.11. The Morgan fingerprint density at radius 3 is 2.46 bits per heavy atom. The Hall–Kier alpha value is -2.77. The predicted molar refractivity (Wildman–Crippen MR) is 99.2 cm³/mol. The standard InChI is InChI=1S/C18H13ClN2O4S/c1-24-14-8-2-11(3-9-14)10-15(17(22)23)26-18-21-20-16(25-18)12-4-6-13(19)7-5-12/h2-10H,1H3,(H,22,23)/b15-10-. The van der Waals surface area contributed by atoms with Crippen LogP contribution < -0.4 is 4.74 Å². The van der Waals surface area contributed by atoms with Crippen molar-refractivity contribution in [2.24, 2.45) is 0 Å². The number of aliphatic carboxylic acids is 1. The number of benzene rings is 2. The first-order valence-electron chi connectivity index (χ1n) is 7.41. The molecule has 132 valence electrons. The van der Waals surface area contributed by atoms with Gasteiger partial charge in [0.25, 0.3) is 5.22 Å². The van der Waals surface area contributed by atoms with Gasteiger partial charge in [-0.3, -0.25) is 0 Å². The van der Waals surface area contributed by atoms with Gasteiger partial charge < -0.3 is 14.3 Å². The fourth-order valence-electron chi connectivity index (χ4n) is 2.04. The van der Waals surface area contributed by atoms with E-state index in [1.54, 1.807) is 55.6 Å². The summed E-state index contributed by atoms with van der Waals surface area (Å²) in [7, 11) is 1.57. The quantitative estimate of drug-likeness (QED) is 0.487. The second kappa shape index (κ2) is 8.07. The number of carboxylic acids is 1. The van der Waals surface area contributed by atoms with E-state index in [-0.39, 0.29) is 10.1 Å². The van der Waals surface area contributed by atoms with Crippen molar-refractivity contribution < 1.29 is 19.1 Å². The van der Waals surface area contributed by atoms with Crippen molar-refractivity contribution in [1.29, 1.82) is 0 Å². The molecular formula is C18H13ClN2O4S. The number of nitrogens with zero attached hydrogens (tertiary/aromatic N) is 2. The van der Waals surface area contributed by atoms with Crippen LogP contribution in [0.2, 0.25) is 5.02 Å². The molecule has 1 heterocycles. The van der Waals surface area contributed by atoms with Crippen LogP contribution in [-0.2, 0) is 4.79 Å². The molecule has 2 aromatic carbocycles. The van der Waals surface area contributed by atoms with E-state index in [1.807, 2.05) is 0 Å². The molecule has 0 aliphatic carbocycles. The zero-order valence-electron chi connectivity index (χ0n) is 13.5. The highest BCUT2D eigenvalue weighted by molar-refractivity contribution is 8.03. The van der Waals surface area contributed by atoms with E-state index >= 15 is 0 Å². The lowest BCUT2D eigenvalue weighted by Crippen LogP contribution is -1.96. The molecule has 0 spiro atoms. The van der Waals surface area contributed by atoms with Crippen molar-refractivity contribution in [3.63, 3.8) is 0 Å². The molecule has 0 amide bonds. The largest absolute Gasteiger partial charge is 0.497 e. The SMILES string of the molecule is COc1ccc(/C=C(\Sc2nnc(-c3ccc(Cl)cc3)o2)C(=O)O)cc1. The van der Waals surface area contributed by atoms with E-state index in [9.17, 15) is 9.90 Å². The summed E-state index contributed by atoms with van der Waals surface area (Å²) in [4.78, 5) is 11.6. The molecule has 0 aliphatic heterocycles. The van der Waals surface area contributed by atoms with Gasteiger partial charge in [0, 0.05) is 10.6 Å². The van der Waals surface area contributed by atoms with Crippen LogP contribution in [0.1, 0.15) is 5.56 Å². The second-order valence-corrected chi connectivity index (χ2v) is 6.50. The lowest BCUT2D eigenvalue weighted by atomic mass is 10.2. The monoisotopic (exact) mass is 388 g/mol. The maximum atomic E-state index is 11.5. The van der Waals surface area contributed by atoms with Gasteiger partial charge in [0.1, 0.15) is 10.7 Å². The van der Waals surface area contributed by atoms with E-state index in [2.05, 4.69) is 10.2 Å². The number of carbonyl (C=O) groups is 1. The predicted octanol–water partition coefficient (Wildman–Crippen LogP) is 4.62. The minimum Gasteiger partial charge on any atom is -0.497 e. The van der Waals surface area contributed by atoms with Gasteiger partial charge in [-0.25, -0.2) is 4.79 Å². The summed E-state index contributed by atoms with van der Waals surface area (Å²) in [5.74, 6) is -0.105. The van der Waals surface area contributed by atoms with Crippen molar-refractivity contribution in [3.05, 3.63) is 64.0 Å². The Morgan fingerprint density at radius 1 is 1.15 bits per heavy atom. The molecule has 1 N–H and O–H groups in total. The molecule has 0 atom stereocenters. The van der Waals surface area contributed by atoms with Crippen LogP contribution in [0.25, 0.3) is 17.5 Å². The molecular weight excluding hydrogens is 376 g/mol. The highest BCUT2D eigenvalue weighted by atomic mass is 35.5. The minimum atomic E-state index is -1.09. The first-order valence-corrected chi connectivity index (χ1v) is 8.61. The highest BCUT2D eigenvalue weighted by Gasteiger charge is 2.16. The van der Waals surface area contributed by atoms with E-state index in [0.717, 1.165) is 11.8 Å². The van der Waals surface area contributed by atoms with Crippen molar-refractivity contribution in [3.8, 4) is 17.2 Å². The number of hydrogen-bond acceptors (Lipinski definition) is 6. The lowest BCUT2D eigenvalue weighted by Gasteiger charge is -2.01. The Morgan fingerprint density at radius 2 is 1.85 bits per heavy atom. The highest BCUT2D eigenvalue weighted by Crippen LogP contribution is 2.30. The van der Waals surface area contributed by atoms with Crippen LogP contribution in [0.4, 0.5) is 0 Å². The summed E-state index contributed by atoms with van der Waals surface area (Å²) in [6.07, 6.45) is 1.53. The third-order valence-corrected chi connectivity index (χ3v) is 4.42. The molecule has 0 bridgehead atoms. The van der Waals surface area contributed by atoms with Crippen molar-refractivity contribution in [1.82, 2.24) is 10.2 Å². The van der Waals surface area contributed by atoms with Gasteiger partial charge in [-0.15, -0.1) is 10.2 Å². The third-order valence-electron chi connectivity index (χ3n) is 3.32. The van der Waals surface area contributed by atoms with Crippen molar-refractivity contribution in [2.45, 2.75) is 5.22 Å². The number of rotatable bonds is 6. The molecule has 0 aliphatic rings. The minimum absolute atomic E-state index is 0.0569. The van der Waals surface area contributed by atoms with Gasteiger partial charge in [-0.2, -0.15) is 0 Å². The Bertz CT molecular complexity index is 937. The summed E-state index contributed by atoms with van der Waals surface area (Å²) < 4.78 is 10.6. The number of thioether (sulfide) groups is 1. The van der Waals surface area contributed by atoms with Crippen LogP contribution in [0.5, 0.6) is 5.75 Å². The molecule has 3 aromatic rings. The number of carboxylic acid groups (broad SMARTS) is 1. The number of ether oxygens (including phenoxy) is 1. The van der Waals surface area contributed by atoms with Crippen LogP contribution in [0, 0.1) is 0 Å². The van der Waals surface area contributed by atoms with Gasteiger partial charge in [0.05, 0.1) is 7.11 Å². The summed E-state index contributed by atoms with van der Waals surface area (Å²) in [6, 6.07) is 13.9. The van der Waals surface area contributed by atoms with Gasteiger partial charge in [0.15, 0.2) is 0 Å². The normalized spacial score (nSPS) is 11.4. The lowest BCUT2D eigenvalue weighted by molar-refractivity contribution is -0.131. The van der Waals surface area contributed by atoms with E-state index < -0.39 is 5.97 Å². The van der Waals surface area contributed by atoms with Crippen LogP contribution in [-0.4, -0.2) is 28.4 Å². The summed E-state index contributed by atoms with van der Waals surface area (Å²) in [6.45, 7) is 0. The van der Waals surface area contributed by atoms with Crippen LogP contribution >= 0.6 is 23.4 Å². The molecule has 0 saturated carbocycles. The summed E-state index contributed by atoms with van der Waals surface area (Å²) >= 11 is 6.74. The Balaban J connectivity index is 1.81. The number of halogens is 1. The summed E-state index contributed by atoms with van der Waals surface area (Å²) in [5.41, 5.74) is 1.41. The first kappa shape index (κ1) is 18.0. The third kappa shape index (κ3) is 4.44. The topological polar surface area (TPSA) is 85.5 Å². The van der Waals surface area contributed by atoms with Crippen LogP contribution in [0.15, 0.2) is 63.1 Å². The average molecular weight is 389 g/mol. The number of methoxy groups -OCH3 is 1. The summed E-state index contributed by atoms with van der Waals surface area (Å²) in [5, 5.41) is 18.0. The van der Waals surface area contributed by atoms with Gasteiger partial charge in [-0.05, 0) is 59.8 Å². The van der Waals surface area contributed by atoms with Gasteiger partial charge in [-0.1, -0.05) is 23.7 Å². The number of aromatic nitrogens is 2. The molecule has 8 heteroatoms. The zero-order chi connectivity index (χ0) is 18.5. The maximum Gasteiger partial charge on any atom is 0.342 e. The molecule has 0 unspecified atom stereocenters. The van der Waals surface area contributed by atoms with Crippen molar-refractivity contribution >= 4 is 35.4 Å². The molecule has 26 heavy (non-hydrogen) atoms. The fraction of sp³-hybridized carbons (Fsp3) is 0.0556. The second-order valence-electron chi connectivity index (χ2n) is 5.07. The van der Waals surface area contributed by atoms with Crippen molar-refractivity contribution in [2.75, 3.05) is 7.11 Å². The van der Waals surface area contributed by atoms with Crippen LogP contribution in [0.3, 0.4) is 0 Å². The number of hydrogen-bond donors (Lipinski definition) is 1. The van der Waals surface area contributed by atoms with E-state index in [0.29, 0.717) is 27.8 Å². The van der Waals surface area contributed by atoms with E-state index in [1.165, 1.54) is 6.08 Å². The zero-order valence-corrected chi connectivity index (χ0v) is 15.1. The molecule has 0 fully saturated rings. The Kier molecular flexibility index (Phi) is 5.60. The smallest absolute Gasteiger partial charge is 0.342 e. The molecule has 0 saturated heterocycles. The van der Waals surface area contributed by atoms with E-state index in [4.69, 9.17) is 20.8 Å². The fourth-order valence-corrected chi connectivity index (χ4v) is 2.84. The molecule has 1 aromatic heterocycles. The molecule has 6 nitrogen and oxygen atoms in total. The maximum absolute atomic E-state index is 11.5. The van der Waals surface area contributed by atoms with Gasteiger partial charge >= 0.3 is 5.97 Å². The molecule has 3 rings (SSSR count). The molecule has 0 radical (unpaired) electrons. The Labute approximate surface area is 158 Å². The van der Waals surface area contributed by atoms with Gasteiger partial charge in [0.2, 0.25) is 5.89 Å².